The fraction of sp³-hybridized carbons (Fsp3) is 0.907. The fourth-order valence-corrected chi connectivity index (χ4v) is 8.44. The van der Waals surface area contributed by atoms with Crippen LogP contribution in [0.3, 0.4) is 0 Å². The molecule has 6 heteroatoms. The number of aliphatic hydroxyl groups excluding tert-OH is 4. The van der Waals surface area contributed by atoms with Gasteiger partial charge in [0.05, 0.1) is 18.8 Å². The molecule has 5 N–H and O–H groups in total. The zero-order valence-corrected chi connectivity index (χ0v) is 40.2. The second kappa shape index (κ2) is 48.8. The molecule has 0 aromatic carbocycles. The molecule has 0 rings (SSSR count). The van der Waals surface area contributed by atoms with E-state index in [1.807, 2.05) is 0 Å². The number of carbonyl (C=O) groups is 1. The Morgan fingerprint density at radius 3 is 1.05 bits per heavy atom. The highest BCUT2D eigenvalue weighted by molar-refractivity contribution is 5.80. The molecule has 0 aliphatic rings. The summed E-state index contributed by atoms with van der Waals surface area (Å²) in [5.74, 6) is -0.581. The Bertz CT molecular complexity index is 909. The van der Waals surface area contributed by atoms with E-state index in [2.05, 4.69) is 43.5 Å². The second-order valence-corrected chi connectivity index (χ2v) is 18.6. The van der Waals surface area contributed by atoms with Gasteiger partial charge in [-0.25, -0.2) is 0 Å². The first kappa shape index (κ1) is 58.8. The Hall–Kier alpha value is -1.21. The molecule has 4 unspecified atom stereocenters. The van der Waals surface area contributed by atoms with E-state index in [4.69, 9.17) is 0 Å². The van der Waals surface area contributed by atoms with Crippen LogP contribution in [0.1, 0.15) is 284 Å². The molecule has 6 nitrogen and oxygen atoms in total. The van der Waals surface area contributed by atoms with Crippen LogP contribution in [-0.4, -0.2) is 57.3 Å². The minimum absolute atomic E-state index is 0.371. The summed E-state index contributed by atoms with van der Waals surface area (Å²) in [6.45, 7) is 4.06. The molecular weight excluding hydrogens is 743 g/mol. The van der Waals surface area contributed by atoms with Gasteiger partial charge in [-0.1, -0.05) is 263 Å². The minimum Gasteiger partial charge on any atom is -0.394 e. The van der Waals surface area contributed by atoms with Crippen LogP contribution in [0.5, 0.6) is 0 Å². The van der Waals surface area contributed by atoms with Crippen LogP contribution in [0, 0.1) is 0 Å². The van der Waals surface area contributed by atoms with Gasteiger partial charge in [-0.2, -0.15) is 0 Å². The van der Waals surface area contributed by atoms with Crippen LogP contribution in [-0.2, 0) is 4.79 Å². The van der Waals surface area contributed by atoms with Gasteiger partial charge in [0.25, 0.3) is 0 Å². The minimum atomic E-state index is -1.26. The van der Waals surface area contributed by atoms with Crippen molar-refractivity contribution >= 4 is 5.91 Å². The number of unbranched alkanes of at least 4 members (excludes halogenated alkanes) is 36. The molecule has 0 aliphatic heterocycles. The lowest BCUT2D eigenvalue weighted by atomic mass is 9.99. The maximum atomic E-state index is 12.5. The molecule has 0 saturated heterocycles. The van der Waals surface area contributed by atoms with Crippen LogP contribution >= 0.6 is 0 Å². The molecule has 4 atom stereocenters. The van der Waals surface area contributed by atoms with Crippen molar-refractivity contribution in [2.24, 2.45) is 0 Å². The fourth-order valence-electron chi connectivity index (χ4n) is 8.44. The molecule has 0 aromatic rings. The quantitative estimate of drug-likeness (QED) is 0.0309. The van der Waals surface area contributed by atoms with Gasteiger partial charge in [-0.15, -0.1) is 0 Å². The molecule has 0 aliphatic carbocycles. The second-order valence-electron chi connectivity index (χ2n) is 18.6. The number of hydrogen-bond donors (Lipinski definition) is 5. The number of aliphatic hydroxyl groups is 4. The van der Waals surface area contributed by atoms with E-state index in [1.54, 1.807) is 0 Å². The van der Waals surface area contributed by atoms with E-state index in [0.29, 0.717) is 12.8 Å². The van der Waals surface area contributed by atoms with Crippen LogP contribution in [0.2, 0.25) is 0 Å². The van der Waals surface area contributed by atoms with E-state index in [9.17, 15) is 25.2 Å². The van der Waals surface area contributed by atoms with Crippen LogP contribution < -0.4 is 5.32 Å². The molecule has 0 fully saturated rings. The van der Waals surface area contributed by atoms with Crippen molar-refractivity contribution in [2.45, 2.75) is 308 Å². The molecule has 0 spiro atoms. The number of amides is 1. The van der Waals surface area contributed by atoms with Crippen molar-refractivity contribution < 1.29 is 25.2 Å². The van der Waals surface area contributed by atoms with Gasteiger partial charge in [0, 0.05) is 0 Å². The monoisotopic (exact) mass is 848 g/mol. The zero-order valence-electron chi connectivity index (χ0n) is 40.2. The summed E-state index contributed by atoms with van der Waals surface area (Å²) < 4.78 is 0. The van der Waals surface area contributed by atoms with Gasteiger partial charge in [0.1, 0.15) is 12.2 Å². The highest BCUT2D eigenvalue weighted by atomic mass is 16.3. The lowest BCUT2D eigenvalue weighted by Crippen LogP contribution is -2.53. The van der Waals surface area contributed by atoms with E-state index >= 15 is 0 Å². The Kier molecular flexibility index (Phi) is 47.8. The number of allylic oxidation sites excluding steroid dienone is 4. The lowest BCUT2D eigenvalue weighted by Gasteiger charge is -2.27. The number of hydrogen-bond acceptors (Lipinski definition) is 5. The summed E-state index contributed by atoms with van der Waals surface area (Å²) in [6.07, 6.45) is 58.2. The molecule has 0 aromatic heterocycles. The highest BCUT2D eigenvalue weighted by Crippen LogP contribution is 2.17. The summed E-state index contributed by atoms with van der Waals surface area (Å²) in [7, 11) is 0. The molecule has 60 heavy (non-hydrogen) atoms. The Labute approximate surface area is 374 Å². The molecule has 1 amide bonds. The van der Waals surface area contributed by atoms with Crippen molar-refractivity contribution in [3.8, 4) is 0 Å². The molecular formula is C54H105NO5. The Morgan fingerprint density at radius 1 is 0.417 bits per heavy atom. The first-order valence-electron chi connectivity index (χ1n) is 26.7. The smallest absolute Gasteiger partial charge is 0.249 e. The summed E-state index contributed by atoms with van der Waals surface area (Å²) in [5.41, 5.74) is 0. The van der Waals surface area contributed by atoms with E-state index in [0.717, 1.165) is 44.9 Å². The molecule has 0 saturated carbocycles. The normalized spacial score (nSPS) is 14.0. The lowest BCUT2D eigenvalue weighted by molar-refractivity contribution is -0.132. The molecule has 356 valence electrons. The number of nitrogens with one attached hydrogen (secondary N) is 1. The predicted molar refractivity (Wildman–Crippen MR) is 261 cm³/mol. The Balaban J connectivity index is 3.56. The predicted octanol–water partition coefficient (Wildman–Crippen LogP) is 15.1. The van der Waals surface area contributed by atoms with Crippen molar-refractivity contribution in [2.75, 3.05) is 6.61 Å². The van der Waals surface area contributed by atoms with Gasteiger partial charge in [-0.05, 0) is 44.9 Å². The van der Waals surface area contributed by atoms with E-state index < -0.39 is 36.9 Å². The van der Waals surface area contributed by atoms with Crippen LogP contribution in [0.4, 0.5) is 0 Å². The summed E-state index contributed by atoms with van der Waals surface area (Å²) in [5, 5.41) is 43.8. The average Bonchev–Trinajstić information content (AvgIpc) is 3.25. The van der Waals surface area contributed by atoms with Gasteiger partial charge in [-0.3, -0.25) is 4.79 Å². The third-order valence-corrected chi connectivity index (χ3v) is 12.7. The van der Waals surface area contributed by atoms with Gasteiger partial charge in [0.2, 0.25) is 5.91 Å². The van der Waals surface area contributed by atoms with Crippen LogP contribution in [0.15, 0.2) is 24.3 Å². The largest absolute Gasteiger partial charge is 0.394 e. The van der Waals surface area contributed by atoms with Gasteiger partial charge < -0.3 is 25.7 Å². The summed E-state index contributed by atoms with van der Waals surface area (Å²) >= 11 is 0. The zero-order chi connectivity index (χ0) is 43.8. The summed E-state index contributed by atoms with van der Waals surface area (Å²) in [6, 6.07) is -0.982. The van der Waals surface area contributed by atoms with Crippen molar-refractivity contribution in [3.63, 3.8) is 0 Å². The third kappa shape index (κ3) is 42.1. The first-order valence-corrected chi connectivity index (χ1v) is 26.7. The number of rotatable bonds is 49. The van der Waals surface area contributed by atoms with E-state index in [-0.39, 0.29) is 0 Å². The highest BCUT2D eigenvalue weighted by Gasteiger charge is 2.28. The average molecular weight is 848 g/mol. The standard InChI is InChI=1S/C54H105NO5/c1-3-5-7-9-11-13-15-17-18-19-20-21-22-23-24-25-26-27-28-29-30-31-32-33-34-35-36-38-40-42-44-46-48-52(58)54(60)55-50(49-56)53(59)51(57)47-45-43-41-39-37-16-14-12-10-8-6-4-2/h20-21,23-24,50-53,56-59H,3-19,22,25-49H2,1-2H3,(H,55,60)/b21-20-,24-23-. The third-order valence-electron chi connectivity index (χ3n) is 12.7. The Morgan fingerprint density at radius 2 is 0.717 bits per heavy atom. The first-order chi connectivity index (χ1) is 29.5. The van der Waals surface area contributed by atoms with Crippen molar-refractivity contribution in [1.29, 1.82) is 0 Å². The molecule has 0 bridgehead atoms. The molecule has 0 heterocycles. The maximum Gasteiger partial charge on any atom is 0.249 e. The van der Waals surface area contributed by atoms with Crippen molar-refractivity contribution in [3.05, 3.63) is 24.3 Å². The van der Waals surface area contributed by atoms with Crippen molar-refractivity contribution in [1.82, 2.24) is 5.32 Å². The maximum absolute atomic E-state index is 12.5. The van der Waals surface area contributed by atoms with Gasteiger partial charge in [0.15, 0.2) is 0 Å². The van der Waals surface area contributed by atoms with E-state index in [1.165, 1.54) is 212 Å². The summed E-state index contributed by atoms with van der Waals surface area (Å²) in [4.78, 5) is 12.5. The number of carbonyl (C=O) groups excluding carboxylic acids is 1. The molecule has 0 radical (unpaired) electrons. The topological polar surface area (TPSA) is 110 Å². The van der Waals surface area contributed by atoms with Gasteiger partial charge >= 0.3 is 0 Å². The van der Waals surface area contributed by atoms with Crippen LogP contribution in [0.25, 0.3) is 0 Å². The SMILES string of the molecule is CCCCCCCCCCC/C=C\C/C=C\CCCCCCCCCCCCCCCCCCC(O)C(=O)NC(CO)C(O)C(O)CCCCCCCCCCCCCC.